The smallest absolute Gasteiger partial charge is 0.469 e. The van der Waals surface area contributed by atoms with E-state index in [1.807, 2.05) is 12.1 Å². The summed E-state index contributed by atoms with van der Waals surface area (Å²) in [6, 6.07) is 17.8. The van der Waals surface area contributed by atoms with E-state index in [0.29, 0.717) is 46.1 Å². The number of aromatic amines is 1. The van der Waals surface area contributed by atoms with Crippen LogP contribution in [-0.4, -0.2) is 21.9 Å². The minimum atomic E-state index is -4.83. The van der Waals surface area contributed by atoms with Crippen molar-refractivity contribution in [3.63, 3.8) is 0 Å². The molecule has 1 aliphatic carbocycles. The van der Waals surface area contributed by atoms with E-state index >= 15 is 0 Å². The van der Waals surface area contributed by atoms with Gasteiger partial charge in [0.2, 0.25) is 0 Å². The standard InChI is InChI=1S/C27H20F3N3O4/c28-27(29,30)37-18-10-8-15(9-11-18)22-23-19(13-16(14-20(23)34)21-7-4-12-36-21)31-25-24(22)26(35)33(32-25)17-5-2-1-3-6-17/h1-12,16,22,31-32H,13-14H2. The molecule has 2 aromatic carbocycles. The van der Waals surface area contributed by atoms with Crippen molar-refractivity contribution in [1.82, 2.24) is 9.78 Å². The molecule has 2 unspecified atom stereocenters. The Bertz CT molecular complexity index is 1550. The van der Waals surface area contributed by atoms with Crippen LogP contribution in [0, 0.1) is 0 Å². The number of halogens is 3. The molecule has 0 radical (unpaired) electrons. The van der Waals surface area contributed by atoms with Gasteiger partial charge in [-0.15, -0.1) is 13.2 Å². The largest absolute Gasteiger partial charge is 0.573 e. The monoisotopic (exact) mass is 507 g/mol. The molecule has 1 aliphatic heterocycles. The number of fused-ring (bicyclic) bond motifs is 1. The zero-order valence-electron chi connectivity index (χ0n) is 19.2. The Labute approximate surface area is 208 Å². The van der Waals surface area contributed by atoms with Crippen LogP contribution < -0.4 is 15.6 Å². The van der Waals surface area contributed by atoms with Gasteiger partial charge >= 0.3 is 6.36 Å². The number of allylic oxidation sites excluding steroid dienone is 2. The molecule has 4 aromatic rings. The number of ketones is 1. The van der Waals surface area contributed by atoms with Crippen molar-refractivity contribution in [2.45, 2.75) is 31.0 Å². The number of anilines is 1. The molecule has 10 heteroatoms. The zero-order chi connectivity index (χ0) is 25.7. The van der Waals surface area contributed by atoms with Crippen molar-refractivity contribution >= 4 is 11.6 Å². The third kappa shape index (κ3) is 4.14. The highest BCUT2D eigenvalue weighted by Crippen LogP contribution is 2.47. The summed E-state index contributed by atoms with van der Waals surface area (Å²) in [4.78, 5) is 27.2. The summed E-state index contributed by atoms with van der Waals surface area (Å²) in [5.41, 5.74) is 2.14. The molecule has 37 heavy (non-hydrogen) atoms. The number of nitrogens with one attached hydrogen (secondary N) is 2. The first-order valence-corrected chi connectivity index (χ1v) is 11.6. The fraction of sp³-hybridized carbons (Fsp3) is 0.185. The molecule has 6 rings (SSSR count). The second-order valence-electron chi connectivity index (χ2n) is 8.99. The van der Waals surface area contributed by atoms with Crippen LogP contribution in [-0.2, 0) is 4.79 Å². The number of furan rings is 1. The summed E-state index contributed by atoms with van der Waals surface area (Å²) in [6.07, 6.45) is -2.62. The number of benzene rings is 2. The average molecular weight is 507 g/mol. The topological polar surface area (TPSA) is 89.3 Å². The first kappa shape index (κ1) is 23.0. The number of alkyl halides is 3. The Morgan fingerprint density at radius 1 is 0.946 bits per heavy atom. The molecule has 0 saturated heterocycles. The summed E-state index contributed by atoms with van der Waals surface area (Å²) in [5, 5.41) is 6.37. The Balaban J connectivity index is 1.48. The Kier molecular flexibility index (Phi) is 5.32. The van der Waals surface area contributed by atoms with E-state index in [4.69, 9.17) is 4.42 Å². The molecule has 0 bridgehead atoms. The fourth-order valence-corrected chi connectivity index (χ4v) is 5.17. The van der Waals surface area contributed by atoms with E-state index in [9.17, 15) is 22.8 Å². The molecule has 2 N–H and O–H groups in total. The Hall–Kier alpha value is -4.47. The van der Waals surface area contributed by atoms with Gasteiger partial charge in [-0.3, -0.25) is 14.7 Å². The maximum atomic E-state index is 13.7. The summed E-state index contributed by atoms with van der Waals surface area (Å²) in [5.74, 6) is -0.378. The lowest BCUT2D eigenvalue weighted by Crippen LogP contribution is -2.32. The van der Waals surface area contributed by atoms with Crippen molar-refractivity contribution in [3.05, 3.63) is 112 Å². The number of hydrogen-bond acceptors (Lipinski definition) is 5. The molecule has 3 heterocycles. The molecule has 2 atom stereocenters. The number of nitrogens with zero attached hydrogens (tertiary/aromatic N) is 1. The van der Waals surface area contributed by atoms with Crippen LogP contribution in [0.5, 0.6) is 5.75 Å². The fourth-order valence-electron chi connectivity index (χ4n) is 5.17. The third-order valence-corrected chi connectivity index (χ3v) is 6.69. The van der Waals surface area contributed by atoms with Gasteiger partial charge in [0, 0.05) is 29.5 Å². The number of Topliss-reactive ketones (excluding diaryl/α,β-unsaturated/α-hetero) is 1. The number of rotatable bonds is 4. The van der Waals surface area contributed by atoms with E-state index in [2.05, 4.69) is 15.2 Å². The number of H-pyrrole nitrogens is 1. The number of carbonyl (C=O) groups excluding carboxylic acids is 1. The molecule has 7 nitrogen and oxygen atoms in total. The van der Waals surface area contributed by atoms with Gasteiger partial charge in [0.05, 0.1) is 17.5 Å². The van der Waals surface area contributed by atoms with E-state index < -0.39 is 12.3 Å². The predicted molar refractivity (Wildman–Crippen MR) is 128 cm³/mol. The molecule has 2 aliphatic rings. The lowest BCUT2D eigenvalue weighted by atomic mass is 9.73. The second-order valence-corrected chi connectivity index (χ2v) is 8.99. The van der Waals surface area contributed by atoms with Crippen LogP contribution in [0.2, 0.25) is 0 Å². The highest BCUT2D eigenvalue weighted by atomic mass is 19.4. The zero-order valence-corrected chi connectivity index (χ0v) is 19.2. The molecule has 2 aromatic heterocycles. The summed E-state index contributed by atoms with van der Waals surface area (Å²) < 4.78 is 49.0. The van der Waals surface area contributed by atoms with Gasteiger partial charge in [0.25, 0.3) is 5.56 Å². The molecular formula is C27H20F3N3O4. The first-order valence-electron chi connectivity index (χ1n) is 11.6. The second kappa shape index (κ2) is 8.58. The van der Waals surface area contributed by atoms with Crippen molar-refractivity contribution in [1.29, 1.82) is 0 Å². The highest BCUT2D eigenvalue weighted by Gasteiger charge is 2.42. The summed E-state index contributed by atoms with van der Waals surface area (Å²) in [7, 11) is 0. The SMILES string of the molecule is O=C1CC(c2ccco2)CC2=C1C(c1ccc(OC(F)(F)F)cc1)c1c([nH]n(-c3ccccc3)c1=O)N2. The average Bonchev–Trinajstić information content (AvgIpc) is 3.52. The van der Waals surface area contributed by atoms with Gasteiger partial charge < -0.3 is 14.5 Å². The summed E-state index contributed by atoms with van der Waals surface area (Å²) in [6.45, 7) is 0. The normalized spacial score (nSPS) is 19.3. The number of aromatic nitrogens is 2. The lowest BCUT2D eigenvalue weighted by Gasteiger charge is -2.33. The number of hydrogen-bond donors (Lipinski definition) is 2. The molecule has 0 fully saturated rings. The van der Waals surface area contributed by atoms with Gasteiger partial charge in [-0.25, -0.2) is 4.68 Å². The predicted octanol–water partition coefficient (Wildman–Crippen LogP) is 5.62. The first-order chi connectivity index (χ1) is 17.8. The molecule has 0 amide bonds. The van der Waals surface area contributed by atoms with Crippen molar-refractivity contribution in [2.24, 2.45) is 0 Å². The molecular weight excluding hydrogens is 487 g/mol. The summed E-state index contributed by atoms with van der Waals surface area (Å²) >= 11 is 0. The molecule has 0 saturated carbocycles. The number of ether oxygens (including phenoxy) is 1. The van der Waals surface area contributed by atoms with Gasteiger partial charge in [-0.2, -0.15) is 0 Å². The maximum absolute atomic E-state index is 13.7. The van der Waals surface area contributed by atoms with Gasteiger partial charge in [0.1, 0.15) is 17.3 Å². The van der Waals surface area contributed by atoms with Gasteiger partial charge in [-0.05, 0) is 48.4 Å². The molecule has 0 spiro atoms. The third-order valence-electron chi connectivity index (χ3n) is 6.69. The van der Waals surface area contributed by atoms with E-state index in [-0.39, 0.29) is 29.4 Å². The minimum absolute atomic E-state index is 0.159. The Morgan fingerprint density at radius 2 is 1.70 bits per heavy atom. The van der Waals surface area contributed by atoms with Crippen molar-refractivity contribution < 1.29 is 27.1 Å². The van der Waals surface area contributed by atoms with Crippen molar-refractivity contribution in [2.75, 3.05) is 5.32 Å². The number of carbonyl (C=O) groups is 1. The van der Waals surface area contributed by atoms with Crippen LogP contribution in [0.4, 0.5) is 19.0 Å². The van der Waals surface area contributed by atoms with Crippen LogP contribution >= 0.6 is 0 Å². The molecule has 188 valence electrons. The van der Waals surface area contributed by atoms with Gasteiger partial charge in [-0.1, -0.05) is 30.3 Å². The Morgan fingerprint density at radius 3 is 2.38 bits per heavy atom. The lowest BCUT2D eigenvalue weighted by molar-refractivity contribution is -0.274. The quantitative estimate of drug-likeness (QED) is 0.375. The van der Waals surface area contributed by atoms with E-state index in [1.165, 1.54) is 28.9 Å². The van der Waals surface area contributed by atoms with Crippen LogP contribution in [0.25, 0.3) is 5.69 Å². The van der Waals surface area contributed by atoms with Crippen LogP contribution in [0.3, 0.4) is 0 Å². The van der Waals surface area contributed by atoms with Crippen LogP contribution in [0.15, 0.2) is 93.5 Å². The van der Waals surface area contributed by atoms with E-state index in [0.717, 1.165) is 0 Å². The highest BCUT2D eigenvalue weighted by molar-refractivity contribution is 6.01. The number of para-hydroxylation sites is 1. The van der Waals surface area contributed by atoms with Crippen LogP contribution in [0.1, 0.15) is 41.6 Å². The minimum Gasteiger partial charge on any atom is -0.469 e. The van der Waals surface area contributed by atoms with Gasteiger partial charge in [0.15, 0.2) is 5.78 Å². The van der Waals surface area contributed by atoms with Crippen molar-refractivity contribution in [3.8, 4) is 11.4 Å². The maximum Gasteiger partial charge on any atom is 0.573 e. The van der Waals surface area contributed by atoms with E-state index in [1.54, 1.807) is 36.6 Å².